The van der Waals surface area contributed by atoms with Gasteiger partial charge in [0.15, 0.2) is 5.78 Å². The average Bonchev–Trinajstić information content (AvgIpc) is 2.45. The number of rotatable bonds is 4. The van der Waals surface area contributed by atoms with Crippen LogP contribution in [0.1, 0.15) is 37.3 Å². The van der Waals surface area contributed by atoms with Crippen LogP contribution >= 0.6 is 0 Å². The fourth-order valence-corrected chi connectivity index (χ4v) is 3.32. The number of carbonyl (C=O) groups excluding carboxylic acids is 1. The van der Waals surface area contributed by atoms with Crippen molar-refractivity contribution in [2.75, 3.05) is 26.3 Å². The summed E-state index contributed by atoms with van der Waals surface area (Å²) in [4.78, 5) is 15.0. The van der Waals surface area contributed by atoms with Gasteiger partial charge in [-0.05, 0) is 37.3 Å². The Bertz CT molecular complexity index is 503. The summed E-state index contributed by atoms with van der Waals surface area (Å²) < 4.78 is 5.38. The molecule has 1 aromatic rings. The minimum atomic E-state index is -0.367. The molecule has 3 nitrogen and oxygen atoms in total. The number of Topliss-reactive ketones (excluding diaryl/α,β-unsaturated/α-hetero) is 1. The molecule has 1 fully saturated rings. The number of ketones is 1. The van der Waals surface area contributed by atoms with Crippen molar-refractivity contribution >= 4 is 5.78 Å². The number of morpholine rings is 1. The van der Waals surface area contributed by atoms with Crippen molar-refractivity contribution in [2.45, 2.75) is 38.1 Å². The van der Waals surface area contributed by atoms with Gasteiger partial charge in [-0.25, -0.2) is 0 Å². The Morgan fingerprint density at radius 2 is 2.00 bits per heavy atom. The molecule has 0 bridgehead atoms. The molecule has 2 aliphatic rings. The summed E-state index contributed by atoms with van der Waals surface area (Å²) in [6.07, 6.45) is 1.72. The van der Waals surface area contributed by atoms with Gasteiger partial charge in [-0.3, -0.25) is 9.69 Å². The first-order valence-corrected chi connectivity index (χ1v) is 7.53. The van der Waals surface area contributed by atoms with Crippen LogP contribution in [0.4, 0.5) is 0 Å². The Hall–Kier alpha value is -1.19. The van der Waals surface area contributed by atoms with Crippen molar-refractivity contribution in [3.8, 4) is 0 Å². The minimum absolute atomic E-state index is 0.360. The van der Waals surface area contributed by atoms with Gasteiger partial charge in [0, 0.05) is 19.5 Å². The fourth-order valence-electron chi connectivity index (χ4n) is 3.32. The molecule has 3 rings (SSSR count). The SMILES string of the molecule is CC(C)(C(=O)CC1Cc2ccccc21)N1CCOCC1. The summed E-state index contributed by atoms with van der Waals surface area (Å²) in [7, 11) is 0. The van der Waals surface area contributed by atoms with Gasteiger partial charge in [0.2, 0.25) is 0 Å². The molecule has 0 amide bonds. The molecular weight excluding hydrogens is 250 g/mol. The summed E-state index contributed by atoms with van der Waals surface area (Å²) in [5, 5.41) is 0. The van der Waals surface area contributed by atoms with E-state index < -0.39 is 0 Å². The number of benzene rings is 1. The van der Waals surface area contributed by atoms with E-state index in [9.17, 15) is 4.79 Å². The highest BCUT2D eigenvalue weighted by Gasteiger charge is 2.38. The third-order valence-corrected chi connectivity index (χ3v) is 4.88. The van der Waals surface area contributed by atoms with Crippen LogP contribution in [-0.2, 0) is 16.0 Å². The highest BCUT2D eigenvalue weighted by atomic mass is 16.5. The van der Waals surface area contributed by atoms with E-state index in [-0.39, 0.29) is 5.54 Å². The molecule has 1 heterocycles. The first-order chi connectivity index (χ1) is 9.59. The molecule has 0 radical (unpaired) electrons. The van der Waals surface area contributed by atoms with Crippen LogP contribution in [0.3, 0.4) is 0 Å². The van der Waals surface area contributed by atoms with Gasteiger partial charge in [0.05, 0.1) is 18.8 Å². The van der Waals surface area contributed by atoms with Crippen LogP contribution in [0.5, 0.6) is 0 Å². The Labute approximate surface area is 120 Å². The molecule has 1 unspecified atom stereocenters. The van der Waals surface area contributed by atoms with Gasteiger partial charge in [0.25, 0.3) is 0 Å². The highest BCUT2D eigenvalue weighted by Crippen LogP contribution is 2.38. The lowest BCUT2D eigenvalue weighted by Gasteiger charge is -2.41. The van der Waals surface area contributed by atoms with Crippen LogP contribution in [0, 0.1) is 0 Å². The first-order valence-electron chi connectivity index (χ1n) is 7.53. The van der Waals surface area contributed by atoms with E-state index in [2.05, 4.69) is 43.0 Å². The molecular formula is C17H23NO2. The molecule has 0 spiro atoms. The molecule has 1 atom stereocenters. The smallest absolute Gasteiger partial charge is 0.153 e. The van der Waals surface area contributed by atoms with E-state index in [1.165, 1.54) is 11.1 Å². The zero-order chi connectivity index (χ0) is 14.2. The van der Waals surface area contributed by atoms with Crippen LogP contribution in [0.25, 0.3) is 0 Å². The molecule has 0 aromatic heterocycles. The van der Waals surface area contributed by atoms with E-state index in [1.807, 2.05) is 0 Å². The second-order valence-corrected chi connectivity index (χ2v) is 6.39. The maximum Gasteiger partial charge on any atom is 0.153 e. The molecule has 1 saturated heterocycles. The molecule has 1 aromatic carbocycles. The molecule has 1 aliphatic carbocycles. The number of hydrogen-bond acceptors (Lipinski definition) is 3. The van der Waals surface area contributed by atoms with Crippen molar-refractivity contribution in [1.82, 2.24) is 4.90 Å². The maximum absolute atomic E-state index is 12.7. The average molecular weight is 273 g/mol. The lowest BCUT2D eigenvalue weighted by atomic mass is 9.73. The third kappa shape index (κ3) is 2.40. The van der Waals surface area contributed by atoms with Gasteiger partial charge >= 0.3 is 0 Å². The van der Waals surface area contributed by atoms with E-state index in [0.29, 0.717) is 18.1 Å². The summed E-state index contributed by atoms with van der Waals surface area (Å²) in [6.45, 7) is 7.32. The van der Waals surface area contributed by atoms with Gasteiger partial charge in [-0.15, -0.1) is 0 Å². The van der Waals surface area contributed by atoms with Crippen molar-refractivity contribution in [3.63, 3.8) is 0 Å². The van der Waals surface area contributed by atoms with Crippen molar-refractivity contribution < 1.29 is 9.53 Å². The quantitative estimate of drug-likeness (QED) is 0.843. The van der Waals surface area contributed by atoms with E-state index in [4.69, 9.17) is 4.74 Å². The number of nitrogens with zero attached hydrogens (tertiary/aromatic N) is 1. The number of carbonyl (C=O) groups is 1. The zero-order valence-corrected chi connectivity index (χ0v) is 12.4. The van der Waals surface area contributed by atoms with E-state index in [1.54, 1.807) is 0 Å². The Morgan fingerprint density at radius 3 is 2.70 bits per heavy atom. The van der Waals surface area contributed by atoms with Gasteiger partial charge in [-0.1, -0.05) is 24.3 Å². The van der Waals surface area contributed by atoms with Crippen LogP contribution < -0.4 is 0 Å². The molecule has 1 aliphatic heterocycles. The number of hydrogen-bond donors (Lipinski definition) is 0. The monoisotopic (exact) mass is 273 g/mol. The predicted molar refractivity (Wildman–Crippen MR) is 79.0 cm³/mol. The summed E-state index contributed by atoms with van der Waals surface area (Å²) in [5.41, 5.74) is 2.42. The fraction of sp³-hybridized carbons (Fsp3) is 0.588. The lowest BCUT2D eigenvalue weighted by Crippen LogP contribution is -2.54. The predicted octanol–water partition coefficient (Wildman–Crippen LogP) is 2.40. The van der Waals surface area contributed by atoms with Crippen LogP contribution in [-0.4, -0.2) is 42.5 Å². The normalized spacial score (nSPS) is 23.0. The Kier molecular flexibility index (Phi) is 3.65. The number of fused-ring (bicyclic) bond motifs is 1. The highest BCUT2D eigenvalue weighted by molar-refractivity contribution is 5.88. The largest absolute Gasteiger partial charge is 0.379 e. The molecule has 20 heavy (non-hydrogen) atoms. The minimum Gasteiger partial charge on any atom is -0.379 e. The first kappa shape index (κ1) is 13.8. The zero-order valence-electron chi connectivity index (χ0n) is 12.4. The summed E-state index contributed by atoms with van der Waals surface area (Å²) >= 11 is 0. The molecule has 0 saturated carbocycles. The Morgan fingerprint density at radius 1 is 1.30 bits per heavy atom. The van der Waals surface area contributed by atoms with Crippen molar-refractivity contribution in [3.05, 3.63) is 35.4 Å². The second-order valence-electron chi connectivity index (χ2n) is 6.39. The third-order valence-electron chi connectivity index (χ3n) is 4.88. The Balaban J connectivity index is 1.65. The van der Waals surface area contributed by atoms with Crippen LogP contribution in [0.2, 0.25) is 0 Å². The van der Waals surface area contributed by atoms with E-state index >= 15 is 0 Å². The van der Waals surface area contributed by atoms with Crippen LogP contribution in [0.15, 0.2) is 24.3 Å². The van der Waals surface area contributed by atoms with Gasteiger partial charge < -0.3 is 4.74 Å². The lowest BCUT2D eigenvalue weighted by molar-refractivity contribution is -0.132. The topological polar surface area (TPSA) is 29.5 Å². The van der Waals surface area contributed by atoms with Crippen molar-refractivity contribution in [1.29, 1.82) is 0 Å². The summed E-state index contributed by atoms with van der Waals surface area (Å²) in [5.74, 6) is 0.790. The maximum atomic E-state index is 12.7. The van der Waals surface area contributed by atoms with Gasteiger partial charge in [-0.2, -0.15) is 0 Å². The standard InChI is InChI=1S/C17H23NO2/c1-17(2,18-7-9-20-10-8-18)16(19)12-14-11-13-5-3-4-6-15(13)14/h3-6,14H,7-12H2,1-2H3. The molecule has 3 heteroatoms. The molecule has 108 valence electrons. The summed E-state index contributed by atoms with van der Waals surface area (Å²) in [6, 6.07) is 8.49. The van der Waals surface area contributed by atoms with Crippen molar-refractivity contribution in [2.24, 2.45) is 0 Å². The number of ether oxygens (including phenoxy) is 1. The molecule has 0 N–H and O–H groups in total. The van der Waals surface area contributed by atoms with Gasteiger partial charge in [0.1, 0.15) is 0 Å². The van der Waals surface area contributed by atoms with E-state index in [0.717, 1.165) is 32.7 Å². The second kappa shape index (κ2) is 5.30.